The zero-order valence-corrected chi connectivity index (χ0v) is 13.6. The number of H-pyrrole nitrogens is 1. The normalized spacial score (nSPS) is 23.0. The number of carbonyl (C=O) groups is 1. The van der Waals surface area contributed by atoms with Gasteiger partial charge in [-0.15, -0.1) is 0 Å². The Bertz CT molecular complexity index is 589. The van der Waals surface area contributed by atoms with Crippen LogP contribution in [0, 0.1) is 11.8 Å². The lowest BCUT2D eigenvalue weighted by Gasteiger charge is -2.27. The first kappa shape index (κ1) is 16.4. The minimum absolute atomic E-state index is 0.0854. The van der Waals surface area contributed by atoms with Crippen molar-refractivity contribution in [2.75, 3.05) is 6.54 Å². The van der Waals surface area contributed by atoms with Gasteiger partial charge in [0, 0.05) is 23.4 Å². The summed E-state index contributed by atoms with van der Waals surface area (Å²) >= 11 is 0. The van der Waals surface area contributed by atoms with E-state index >= 15 is 0 Å². The number of rotatable bonds is 5. The Labute approximate surface area is 129 Å². The van der Waals surface area contributed by atoms with E-state index < -0.39 is 9.05 Å². The van der Waals surface area contributed by atoms with Crippen molar-refractivity contribution in [2.45, 2.75) is 43.9 Å². The molecule has 1 saturated carbocycles. The number of halogens is 1. The Kier molecular flexibility index (Phi) is 5.32. The summed E-state index contributed by atoms with van der Waals surface area (Å²) in [6, 6.07) is 1.26. The predicted molar refractivity (Wildman–Crippen MR) is 81.9 cm³/mol. The fraction of sp³-hybridized carbons (Fsp3) is 0.643. The highest BCUT2D eigenvalue weighted by molar-refractivity contribution is 8.13. The highest BCUT2D eigenvalue weighted by Crippen LogP contribution is 2.30. The minimum atomic E-state index is -3.80. The third kappa shape index (κ3) is 4.48. The van der Waals surface area contributed by atoms with Crippen LogP contribution in [0.3, 0.4) is 0 Å². The lowest BCUT2D eigenvalue weighted by Crippen LogP contribution is -2.31. The van der Waals surface area contributed by atoms with Crippen molar-refractivity contribution in [3.05, 3.63) is 18.0 Å². The molecule has 1 aliphatic rings. The number of nitrogens with one attached hydrogen (secondary N) is 2. The van der Waals surface area contributed by atoms with Gasteiger partial charge in [-0.1, -0.05) is 26.2 Å². The van der Waals surface area contributed by atoms with Crippen molar-refractivity contribution >= 4 is 25.6 Å². The average Bonchev–Trinajstić information content (AvgIpc) is 2.95. The van der Waals surface area contributed by atoms with E-state index in [1.165, 1.54) is 31.5 Å². The Hall–Kier alpha value is -1.01. The summed E-state index contributed by atoms with van der Waals surface area (Å²) in [5.74, 6) is 1.05. The summed E-state index contributed by atoms with van der Waals surface area (Å²) in [7, 11) is 1.42. The monoisotopic (exact) mass is 332 g/mol. The van der Waals surface area contributed by atoms with Crippen molar-refractivity contribution in [3.8, 4) is 0 Å². The van der Waals surface area contributed by atoms with Crippen LogP contribution >= 0.6 is 10.7 Å². The molecule has 0 unspecified atom stereocenters. The summed E-state index contributed by atoms with van der Waals surface area (Å²) in [6.45, 7) is 2.86. The van der Waals surface area contributed by atoms with Gasteiger partial charge in [-0.2, -0.15) is 0 Å². The SMILES string of the molecule is CCC1CCC(CNC(=O)c2cc(S(=O)(=O)Cl)c[nH]2)CC1. The number of aromatic nitrogens is 1. The third-order valence-electron chi connectivity index (χ3n) is 4.28. The molecule has 0 saturated heterocycles. The van der Waals surface area contributed by atoms with E-state index in [9.17, 15) is 13.2 Å². The van der Waals surface area contributed by atoms with E-state index in [0.717, 1.165) is 18.8 Å². The number of carbonyl (C=O) groups excluding carboxylic acids is 1. The molecule has 2 rings (SSSR count). The number of hydrogen-bond acceptors (Lipinski definition) is 3. The number of amides is 1. The molecule has 1 amide bonds. The largest absolute Gasteiger partial charge is 0.356 e. The van der Waals surface area contributed by atoms with E-state index in [-0.39, 0.29) is 16.5 Å². The lowest BCUT2D eigenvalue weighted by atomic mass is 9.81. The second-order valence-electron chi connectivity index (χ2n) is 5.69. The van der Waals surface area contributed by atoms with E-state index in [4.69, 9.17) is 10.7 Å². The first-order chi connectivity index (χ1) is 9.90. The van der Waals surface area contributed by atoms with Gasteiger partial charge in [0.05, 0.1) is 0 Å². The fourth-order valence-corrected chi connectivity index (χ4v) is 3.55. The second kappa shape index (κ2) is 6.83. The molecule has 2 N–H and O–H groups in total. The predicted octanol–water partition coefficient (Wildman–Crippen LogP) is 2.89. The van der Waals surface area contributed by atoms with Crippen LogP contribution in [-0.4, -0.2) is 25.9 Å². The van der Waals surface area contributed by atoms with Gasteiger partial charge < -0.3 is 10.3 Å². The standard InChI is InChI=1S/C14H21ClN2O3S/c1-2-10-3-5-11(6-4-10)8-17-14(18)13-7-12(9-16-13)21(15,19)20/h7,9-11,16H,2-6,8H2,1H3,(H,17,18). The maximum absolute atomic E-state index is 12.0. The molecule has 1 aromatic heterocycles. The van der Waals surface area contributed by atoms with Gasteiger partial charge in [0.1, 0.15) is 10.6 Å². The molecule has 5 nitrogen and oxygen atoms in total. The molecule has 118 valence electrons. The van der Waals surface area contributed by atoms with E-state index in [1.54, 1.807) is 0 Å². The Morgan fingerprint density at radius 3 is 2.48 bits per heavy atom. The average molecular weight is 333 g/mol. The molecule has 0 spiro atoms. The molecular weight excluding hydrogens is 312 g/mol. The molecule has 0 aliphatic heterocycles. The minimum Gasteiger partial charge on any atom is -0.356 e. The van der Waals surface area contributed by atoms with Crippen LogP contribution in [0.1, 0.15) is 49.5 Å². The molecule has 1 aromatic rings. The summed E-state index contributed by atoms with van der Waals surface area (Å²) in [5.41, 5.74) is 0.219. The topological polar surface area (TPSA) is 79.0 Å². The molecular formula is C14H21ClN2O3S. The van der Waals surface area contributed by atoms with Crippen molar-refractivity contribution in [2.24, 2.45) is 11.8 Å². The van der Waals surface area contributed by atoms with E-state index in [2.05, 4.69) is 17.2 Å². The van der Waals surface area contributed by atoms with Gasteiger partial charge in [0.25, 0.3) is 15.0 Å². The zero-order valence-electron chi connectivity index (χ0n) is 12.1. The highest BCUT2D eigenvalue weighted by Gasteiger charge is 2.21. The van der Waals surface area contributed by atoms with Crippen molar-refractivity contribution in [1.82, 2.24) is 10.3 Å². The number of hydrogen-bond donors (Lipinski definition) is 2. The summed E-state index contributed by atoms with van der Waals surface area (Å²) in [4.78, 5) is 14.5. The lowest BCUT2D eigenvalue weighted by molar-refractivity contribution is 0.0936. The van der Waals surface area contributed by atoms with Crippen LogP contribution in [-0.2, 0) is 9.05 Å². The molecule has 1 aliphatic carbocycles. The van der Waals surface area contributed by atoms with Gasteiger partial charge in [0.15, 0.2) is 0 Å². The Morgan fingerprint density at radius 1 is 1.33 bits per heavy atom. The molecule has 21 heavy (non-hydrogen) atoms. The molecule has 0 bridgehead atoms. The first-order valence-electron chi connectivity index (χ1n) is 7.31. The maximum atomic E-state index is 12.0. The summed E-state index contributed by atoms with van der Waals surface area (Å²) in [5, 5.41) is 2.86. The van der Waals surface area contributed by atoms with Gasteiger partial charge in [-0.05, 0) is 30.7 Å². The quantitative estimate of drug-likeness (QED) is 0.814. The van der Waals surface area contributed by atoms with Crippen LogP contribution in [0.25, 0.3) is 0 Å². The van der Waals surface area contributed by atoms with Crippen LogP contribution in [0.4, 0.5) is 0 Å². The van der Waals surface area contributed by atoms with Crippen LogP contribution in [0.2, 0.25) is 0 Å². The summed E-state index contributed by atoms with van der Waals surface area (Å²) < 4.78 is 22.3. The second-order valence-corrected chi connectivity index (χ2v) is 8.26. The smallest absolute Gasteiger partial charge is 0.267 e. The molecule has 0 radical (unpaired) electrons. The maximum Gasteiger partial charge on any atom is 0.267 e. The van der Waals surface area contributed by atoms with Gasteiger partial charge in [-0.25, -0.2) is 8.42 Å². The van der Waals surface area contributed by atoms with Crippen LogP contribution in [0.15, 0.2) is 17.2 Å². The Morgan fingerprint density at radius 2 is 1.95 bits per heavy atom. The fourth-order valence-electron chi connectivity index (χ4n) is 2.82. The Balaban J connectivity index is 1.84. The zero-order chi connectivity index (χ0) is 15.5. The van der Waals surface area contributed by atoms with Crippen LogP contribution < -0.4 is 5.32 Å². The molecule has 0 atom stereocenters. The molecule has 0 aromatic carbocycles. The van der Waals surface area contributed by atoms with E-state index in [0.29, 0.717) is 12.5 Å². The van der Waals surface area contributed by atoms with Crippen molar-refractivity contribution in [3.63, 3.8) is 0 Å². The first-order valence-corrected chi connectivity index (χ1v) is 9.62. The van der Waals surface area contributed by atoms with Crippen molar-refractivity contribution < 1.29 is 13.2 Å². The van der Waals surface area contributed by atoms with E-state index in [1.807, 2.05) is 0 Å². The number of aromatic amines is 1. The third-order valence-corrected chi connectivity index (χ3v) is 5.61. The molecule has 7 heteroatoms. The molecule has 1 fully saturated rings. The van der Waals surface area contributed by atoms with Crippen LogP contribution in [0.5, 0.6) is 0 Å². The van der Waals surface area contributed by atoms with Gasteiger partial charge >= 0.3 is 0 Å². The van der Waals surface area contributed by atoms with Gasteiger partial charge in [0.2, 0.25) is 0 Å². The summed E-state index contributed by atoms with van der Waals surface area (Å²) in [6.07, 6.45) is 7.21. The molecule has 1 heterocycles. The highest BCUT2D eigenvalue weighted by atomic mass is 35.7. The van der Waals surface area contributed by atoms with Crippen molar-refractivity contribution in [1.29, 1.82) is 0 Å². The van der Waals surface area contributed by atoms with Gasteiger partial charge in [-0.3, -0.25) is 4.79 Å².